The predicted octanol–water partition coefficient (Wildman–Crippen LogP) is 0.163. The summed E-state index contributed by atoms with van der Waals surface area (Å²) in [6, 6.07) is 0. The van der Waals surface area contributed by atoms with E-state index in [9.17, 15) is 13.2 Å². The number of ether oxygens (including phenoxy) is 1. The van der Waals surface area contributed by atoms with Crippen molar-refractivity contribution < 1.29 is 17.9 Å². The number of nitrogens with zero attached hydrogens (tertiary/aromatic N) is 1. The van der Waals surface area contributed by atoms with Crippen LogP contribution in [-0.2, 0) is 19.6 Å². The molecule has 0 aliphatic rings. The number of hydrogen-bond acceptors (Lipinski definition) is 4. The van der Waals surface area contributed by atoms with E-state index < -0.39 is 16.0 Å². The Labute approximate surface area is 86.2 Å². The van der Waals surface area contributed by atoms with Gasteiger partial charge < -0.3 is 4.74 Å². The van der Waals surface area contributed by atoms with E-state index in [0.29, 0.717) is 0 Å². The number of halogens is 1. The maximum absolute atomic E-state index is 11.1. The first kappa shape index (κ1) is 12.9. The van der Waals surface area contributed by atoms with Crippen molar-refractivity contribution in [3.05, 3.63) is 0 Å². The van der Waals surface area contributed by atoms with Gasteiger partial charge in [0.15, 0.2) is 0 Å². The standard InChI is InChI=1S/C6H12BrNO4S/c1-8(13(10,11)5-7)4-3-6(9)12-2/h3-5H2,1-2H3. The summed E-state index contributed by atoms with van der Waals surface area (Å²) < 4.78 is 27.6. The summed E-state index contributed by atoms with van der Waals surface area (Å²) >= 11 is 2.85. The van der Waals surface area contributed by atoms with E-state index in [1.165, 1.54) is 14.2 Å². The van der Waals surface area contributed by atoms with Gasteiger partial charge in [-0.1, -0.05) is 15.9 Å². The number of esters is 1. The minimum absolute atomic E-state index is 0.0687. The highest BCUT2D eigenvalue weighted by Gasteiger charge is 2.16. The SMILES string of the molecule is COC(=O)CCN(C)S(=O)(=O)CBr. The zero-order chi connectivity index (χ0) is 10.5. The van der Waals surface area contributed by atoms with Gasteiger partial charge in [-0.15, -0.1) is 0 Å². The topological polar surface area (TPSA) is 63.7 Å². The highest BCUT2D eigenvalue weighted by molar-refractivity contribution is 9.10. The Morgan fingerprint density at radius 1 is 1.54 bits per heavy atom. The fourth-order valence-corrected chi connectivity index (χ4v) is 2.16. The molecule has 0 saturated carbocycles. The average Bonchev–Trinajstić information content (AvgIpc) is 2.13. The first-order valence-electron chi connectivity index (χ1n) is 3.51. The van der Waals surface area contributed by atoms with Gasteiger partial charge in [0.2, 0.25) is 10.0 Å². The molecule has 78 valence electrons. The molecule has 0 aliphatic carbocycles. The fourth-order valence-electron chi connectivity index (χ4n) is 0.573. The van der Waals surface area contributed by atoms with Crippen molar-refractivity contribution in [3.8, 4) is 0 Å². The molecule has 5 nitrogen and oxygen atoms in total. The van der Waals surface area contributed by atoms with Crippen molar-refractivity contribution in [1.29, 1.82) is 0 Å². The van der Waals surface area contributed by atoms with Gasteiger partial charge in [-0.05, 0) is 0 Å². The van der Waals surface area contributed by atoms with Crippen molar-refractivity contribution in [2.75, 3.05) is 25.4 Å². The molecule has 0 fully saturated rings. The van der Waals surface area contributed by atoms with Gasteiger partial charge in [-0.2, -0.15) is 0 Å². The lowest BCUT2D eigenvalue weighted by molar-refractivity contribution is -0.140. The molecule has 0 aromatic carbocycles. The van der Waals surface area contributed by atoms with E-state index >= 15 is 0 Å². The van der Waals surface area contributed by atoms with Crippen LogP contribution < -0.4 is 0 Å². The van der Waals surface area contributed by atoms with Crippen LogP contribution in [0.4, 0.5) is 0 Å². The quantitative estimate of drug-likeness (QED) is 0.529. The van der Waals surface area contributed by atoms with Gasteiger partial charge in [-0.25, -0.2) is 12.7 Å². The van der Waals surface area contributed by atoms with Crippen molar-refractivity contribution in [1.82, 2.24) is 4.31 Å². The van der Waals surface area contributed by atoms with Gasteiger partial charge in [0.1, 0.15) is 4.66 Å². The molecular formula is C6H12BrNO4S. The Hall–Kier alpha value is -0.140. The van der Waals surface area contributed by atoms with Crippen LogP contribution in [0.3, 0.4) is 0 Å². The van der Waals surface area contributed by atoms with Crippen LogP contribution in [0.25, 0.3) is 0 Å². The number of sulfonamides is 1. The van der Waals surface area contributed by atoms with E-state index in [1.54, 1.807) is 0 Å². The molecule has 0 aromatic heterocycles. The van der Waals surface area contributed by atoms with E-state index in [-0.39, 0.29) is 17.6 Å². The molecule has 0 bridgehead atoms. The molecule has 13 heavy (non-hydrogen) atoms. The molecule has 0 rings (SSSR count). The van der Waals surface area contributed by atoms with Crippen LogP contribution >= 0.6 is 15.9 Å². The summed E-state index contributed by atoms with van der Waals surface area (Å²) in [6.45, 7) is 0.139. The molecule has 0 spiro atoms. The van der Waals surface area contributed by atoms with Crippen molar-refractivity contribution in [3.63, 3.8) is 0 Å². The Bertz CT molecular complexity index is 264. The fraction of sp³-hybridized carbons (Fsp3) is 0.833. The number of alkyl halides is 1. The number of carbonyl (C=O) groups excluding carboxylic acids is 1. The normalized spacial score (nSPS) is 11.7. The maximum Gasteiger partial charge on any atom is 0.306 e. The molecule has 7 heteroatoms. The van der Waals surface area contributed by atoms with Gasteiger partial charge in [0.25, 0.3) is 0 Å². The maximum atomic E-state index is 11.1. The third-order valence-electron chi connectivity index (χ3n) is 1.47. The monoisotopic (exact) mass is 273 g/mol. The second-order valence-corrected chi connectivity index (χ2v) is 5.75. The zero-order valence-corrected chi connectivity index (χ0v) is 9.89. The smallest absolute Gasteiger partial charge is 0.306 e. The summed E-state index contributed by atoms with van der Waals surface area (Å²) in [5, 5.41) is 0. The largest absolute Gasteiger partial charge is 0.469 e. The molecule has 0 heterocycles. The first-order chi connectivity index (χ1) is 5.94. The Balaban J connectivity index is 4.02. The molecule has 0 unspecified atom stereocenters. The van der Waals surface area contributed by atoms with Crippen LogP contribution in [0, 0.1) is 0 Å². The molecule has 0 aliphatic heterocycles. The minimum Gasteiger partial charge on any atom is -0.469 e. The highest BCUT2D eigenvalue weighted by atomic mass is 79.9. The number of hydrogen-bond donors (Lipinski definition) is 0. The molecule has 0 aromatic rings. The van der Waals surface area contributed by atoms with Gasteiger partial charge in [0, 0.05) is 13.6 Å². The molecule has 0 radical (unpaired) electrons. The predicted molar refractivity (Wildman–Crippen MR) is 52.0 cm³/mol. The lowest BCUT2D eigenvalue weighted by atomic mass is 10.4. The first-order valence-corrected chi connectivity index (χ1v) is 6.24. The summed E-state index contributed by atoms with van der Waals surface area (Å²) in [5.74, 6) is -0.420. The van der Waals surface area contributed by atoms with Crippen LogP contribution in [0.5, 0.6) is 0 Å². The summed E-state index contributed by atoms with van der Waals surface area (Å²) in [5.41, 5.74) is 0. The molecule has 0 saturated heterocycles. The van der Waals surface area contributed by atoms with Crippen molar-refractivity contribution in [2.45, 2.75) is 6.42 Å². The highest BCUT2D eigenvalue weighted by Crippen LogP contribution is 2.02. The Morgan fingerprint density at radius 3 is 2.46 bits per heavy atom. The molecular weight excluding hydrogens is 262 g/mol. The molecule has 0 amide bonds. The van der Waals surface area contributed by atoms with Crippen LogP contribution in [0.2, 0.25) is 0 Å². The van der Waals surface area contributed by atoms with E-state index in [1.807, 2.05) is 0 Å². The molecule has 0 atom stereocenters. The van der Waals surface area contributed by atoms with E-state index in [2.05, 4.69) is 20.7 Å². The summed E-state index contributed by atoms with van der Waals surface area (Å²) in [6.07, 6.45) is 0.0687. The molecule has 0 N–H and O–H groups in total. The summed E-state index contributed by atoms with van der Waals surface area (Å²) in [4.78, 5) is 10.7. The van der Waals surface area contributed by atoms with Gasteiger partial charge >= 0.3 is 5.97 Å². The van der Waals surface area contributed by atoms with E-state index in [4.69, 9.17) is 0 Å². The van der Waals surface area contributed by atoms with Crippen LogP contribution in [0.15, 0.2) is 0 Å². The van der Waals surface area contributed by atoms with Crippen molar-refractivity contribution >= 4 is 31.9 Å². The van der Waals surface area contributed by atoms with Gasteiger partial charge in [0.05, 0.1) is 13.5 Å². The Morgan fingerprint density at radius 2 is 2.08 bits per heavy atom. The zero-order valence-electron chi connectivity index (χ0n) is 7.49. The number of methoxy groups -OCH3 is 1. The second kappa shape index (κ2) is 5.56. The van der Waals surface area contributed by atoms with Crippen LogP contribution in [0.1, 0.15) is 6.42 Å². The number of carbonyl (C=O) groups is 1. The van der Waals surface area contributed by atoms with Crippen molar-refractivity contribution in [2.24, 2.45) is 0 Å². The lowest BCUT2D eigenvalue weighted by Gasteiger charge is -2.13. The van der Waals surface area contributed by atoms with E-state index in [0.717, 1.165) is 4.31 Å². The second-order valence-electron chi connectivity index (χ2n) is 2.37. The third-order valence-corrected chi connectivity index (χ3v) is 4.62. The number of rotatable bonds is 5. The third kappa shape index (κ3) is 4.58. The van der Waals surface area contributed by atoms with Gasteiger partial charge in [-0.3, -0.25) is 4.79 Å². The lowest BCUT2D eigenvalue weighted by Crippen LogP contribution is -2.29. The minimum atomic E-state index is -3.26. The van der Waals surface area contributed by atoms with Crippen LogP contribution in [-0.4, -0.2) is 44.1 Å². The Kier molecular flexibility index (Phi) is 5.50. The average molecular weight is 274 g/mol. The summed E-state index contributed by atoms with van der Waals surface area (Å²) in [7, 11) is -0.578.